The summed E-state index contributed by atoms with van der Waals surface area (Å²) in [5.41, 5.74) is 0. The van der Waals surface area contributed by atoms with Crippen molar-refractivity contribution in [2.45, 2.75) is 52.5 Å². The molecular formula is C20H41ClO7SSi. The minimum absolute atomic E-state index is 0.227. The maximum absolute atomic E-state index is 11.3. The number of thioether (sulfide) groups is 1. The maximum atomic E-state index is 11.3. The van der Waals surface area contributed by atoms with Crippen molar-refractivity contribution in [2.75, 3.05) is 70.2 Å². The molecule has 7 nitrogen and oxygen atoms in total. The highest BCUT2D eigenvalue weighted by Crippen LogP contribution is 2.20. The first-order valence-corrected chi connectivity index (χ1v) is 14.6. The summed E-state index contributed by atoms with van der Waals surface area (Å²) in [6, 6.07) is 0.866. The Hall–Kier alpha value is 0.127. The number of ether oxygens (including phenoxy) is 3. The van der Waals surface area contributed by atoms with Crippen molar-refractivity contribution in [1.29, 1.82) is 0 Å². The molecule has 0 atom stereocenters. The summed E-state index contributed by atoms with van der Waals surface area (Å²) >= 11 is 7.44. The number of alkyl halides is 1. The molecule has 0 aliphatic heterocycles. The van der Waals surface area contributed by atoms with Gasteiger partial charge in [0.05, 0.1) is 19.8 Å². The van der Waals surface area contributed by atoms with Crippen molar-refractivity contribution < 1.29 is 32.3 Å². The summed E-state index contributed by atoms with van der Waals surface area (Å²) in [6.45, 7) is 10.3. The molecule has 0 unspecified atom stereocenters. The van der Waals surface area contributed by atoms with Gasteiger partial charge in [0.25, 0.3) is 0 Å². The third kappa shape index (κ3) is 17.8. The first-order chi connectivity index (χ1) is 14.6. The molecule has 0 aromatic carbocycles. The lowest BCUT2D eigenvalue weighted by molar-refractivity contribution is -0.145. The lowest BCUT2D eigenvalue weighted by Crippen LogP contribution is -2.46. The predicted octanol–water partition coefficient (Wildman–Crippen LogP) is 4.14. The Labute approximate surface area is 193 Å². The molecule has 0 saturated heterocycles. The van der Waals surface area contributed by atoms with E-state index in [0.29, 0.717) is 58.4 Å². The second kappa shape index (κ2) is 22.3. The fourth-order valence-electron chi connectivity index (χ4n) is 2.58. The highest BCUT2D eigenvalue weighted by atomic mass is 35.5. The molecule has 0 heterocycles. The first kappa shape index (κ1) is 30.1. The quantitative estimate of drug-likeness (QED) is 0.0919. The number of hydrogen-bond donors (Lipinski definition) is 0. The summed E-state index contributed by atoms with van der Waals surface area (Å²) in [4.78, 5) is 11.3. The second-order valence-electron chi connectivity index (χ2n) is 6.29. The van der Waals surface area contributed by atoms with Crippen LogP contribution < -0.4 is 0 Å². The van der Waals surface area contributed by atoms with E-state index < -0.39 is 8.80 Å². The maximum Gasteiger partial charge on any atom is 0.500 e. The van der Waals surface area contributed by atoms with Gasteiger partial charge in [0.2, 0.25) is 0 Å². The van der Waals surface area contributed by atoms with Crippen LogP contribution in [0.3, 0.4) is 0 Å². The standard InChI is InChI=1S/C20H41ClO7SSi/c1-4-26-30(27-5-2,28-6-3)19-9-18-29-17-8-12-23-13-14-24-15-16-25-20(22)10-7-11-21/h4-19H2,1-3H3. The third-order valence-electron chi connectivity index (χ3n) is 3.82. The number of hydrogen-bond acceptors (Lipinski definition) is 8. The van der Waals surface area contributed by atoms with Crippen LogP contribution in [0.1, 0.15) is 46.5 Å². The summed E-state index contributed by atoms with van der Waals surface area (Å²) in [5, 5.41) is 0. The largest absolute Gasteiger partial charge is 0.500 e. The number of rotatable bonds is 23. The second-order valence-corrected chi connectivity index (χ2v) is 10.6. The molecular weight excluding hydrogens is 448 g/mol. The van der Waals surface area contributed by atoms with Crippen molar-refractivity contribution in [1.82, 2.24) is 0 Å². The molecule has 0 amide bonds. The third-order valence-corrected chi connectivity index (χ3v) is 8.39. The van der Waals surface area contributed by atoms with E-state index in [4.69, 9.17) is 39.1 Å². The Bertz CT molecular complexity index is 377. The zero-order chi connectivity index (χ0) is 22.3. The molecule has 0 bridgehead atoms. The number of halogens is 1. The van der Waals surface area contributed by atoms with Crippen LogP contribution in [-0.2, 0) is 32.3 Å². The van der Waals surface area contributed by atoms with Crippen LogP contribution in [0.5, 0.6) is 0 Å². The highest BCUT2D eigenvalue weighted by molar-refractivity contribution is 7.99. The summed E-state index contributed by atoms with van der Waals surface area (Å²) in [5.74, 6) is 2.37. The molecule has 10 heteroatoms. The van der Waals surface area contributed by atoms with Crippen LogP contribution in [0.25, 0.3) is 0 Å². The zero-order valence-electron chi connectivity index (χ0n) is 19.0. The van der Waals surface area contributed by atoms with Crippen molar-refractivity contribution in [3.05, 3.63) is 0 Å². The highest BCUT2D eigenvalue weighted by Gasteiger charge is 2.39. The van der Waals surface area contributed by atoms with Crippen LogP contribution in [0.15, 0.2) is 0 Å². The van der Waals surface area contributed by atoms with Gasteiger partial charge < -0.3 is 27.5 Å². The van der Waals surface area contributed by atoms with Gasteiger partial charge in [-0.2, -0.15) is 11.8 Å². The lowest BCUT2D eigenvalue weighted by atomic mass is 10.3. The molecule has 0 spiro atoms. The van der Waals surface area contributed by atoms with E-state index in [9.17, 15) is 4.79 Å². The zero-order valence-corrected chi connectivity index (χ0v) is 21.5. The van der Waals surface area contributed by atoms with Crippen LogP contribution in [0.4, 0.5) is 0 Å². The van der Waals surface area contributed by atoms with Gasteiger partial charge in [-0.1, -0.05) is 0 Å². The van der Waals surface area contributed by atoms with Crippen LogP contribution in [0, 0.1) is 0 Å². The molecule has 0 saturated carbocycles. The van der Waals surface area contributed by atoms with E-state index >= 15 is 0 Å². The van der Waals surface area contributed by atoms with Gasteiger partial charge in [0.15, 0.2) is 0 Å². The van der Waals surface area contributed by atoms with Gasteiger partial charge >= 0.3 is 14.8 Å². The molecule has 0 aliphatic rings. The van der Waals surface area contributed by atoms with Crippen molar-refractivity contribution in [3.8, 4) is 0 Å². The van der Waals surface area contributed by atoms with Crippen molar-refractivity contribution in [3.63, 3.8) is 0 Å². The number of esters is 1. The Morgan fingerprint density at radius 2 is 1.37 bits per heavy atom. The van der Waals surface area contributed by atoms with Gasteiger partial charge in [-0.3, -0.25) is 4.79 Å². The van der Waals surface area contributed by atoms with Crippen LogP contribution >= 0.6 is 23.4 Å². The smallest absolute Gasteiger partial charge is 0.463 e. The summed E-state index contributed by atoms with van der Waals surface area (Å²) in [7, 11) is -2.49. The predicted molar refractivity (Wildman–Crippen MR) is 125 cm³/mol. The van der Waals surface area contributed by atoms with Gasteiger partial charge in [0, 0.05) is 44.8 Å². The first-order valence-electron chi connectivity index (χ1n) is 11.0. The Morgan fingerprint density at radius 1 is 0.800 bits per heavy atom. The van der Waals surface area contributed by atoms with E-state index in [1.54, 1.807) is 0 Å². The van der Waals surface area contributed by atoms with Crippen LogP contribution in [-0.4, -0.2) is 85.0 Å². The molecule has 0 fully saturated rings. The van der Waals surface area contributed by atoms with Gasteiger partial charge in [0.1, 0.15) is 6.61 Å². The van der Waals surface area contributed by atoms with E-state index in [1.807, 2.05) is 32.5 Å². The molecule has 30 heavy (non-hydrogen) atoms. The normalized spacial score (nSPS) is 11.7. The average molecular weight is 489 g/mol. The number of carbonyl (C=O) groups excluding carboxylic acids is 1. The Balaban J connectivity index is 3.50. The molecule has 0 radical (unpaired) electrons. The Morgan fingerprint density at radius 3 is 1.97 bits per heavy atom. The van der Waals surface area contributed by atoms with Crippen molar-refractivity contribution in [2.24, 2.45) is 0 Å². The summed E-state index contributed by atoms with van der Waals surface area (Å²) < 4.78 is 33.5. The van der Waals surface area contributed by atoms with Crippen LogP contribution in [0.2, 0.25) is 6.04 Å². The van der Waals surface area contributed by atoms with E-state index in [1.165, 1.54) is 0 Å². The molecule has 0 aliphatic carbocycles. The molecule has 180 valence electrons. The molecule has 0 rings (SSSR count). The average Bonchev–Trinajstić information content (AvgIpc) is 2.73. The Kier molecular flexibility index (Phi) is 22.4. The van der Waals surface area contributed by atoms with E-state index in [0.717, 1.165) is 37.0 Å². The SMILES string of the molecule is CCO[Si](CCCSCCCOCCOCCOC(=O)CCCCl)(OCC)OCC. The van der Waals surface area contributed by atoms with Crippen molar-refractivity contribution >= 4 is 38.1 Å². The minimum atomic E-state index is -2.49. The van der Waals surface area contributed by atoms with Gasteiger partial charge in [-0.15, -0.1) is 11.6 Å². The van der Waals surface area contributed by atoms with Gasteiger partial charge in [-0.05, 0) is 51.5 Å². The molecule has 0 aromatic rings. The lowest BCUT2D eigenvalue weighted by Gasteiger charge is -2.28. The fourth-order valence-corrected chi connectivity index (χ4v) is 6.45. The van der Waals surface area contributed by atoms with E-state index in [2.05, 4.69) is 0 Å². The van der Waals surface area contributed by atoms with Gasteiger partial charge in [-0.25, -0.2) is 0 Å². The molecule has 0 N–H and O–H groups in total. The summed E-state index contributed by atoms with van der Waals surface area (Å²) in [6.07, 6.45) is 3.04. The minimum Gasteiger partial charge on any atom is -0.463 e. The monoisotopic (exact) mass is 488 g/mol. The number of carbonyl (C=O) groups is 1. The fraction of sp³-hybridized carbons (Fsp3) is 0.950. The molecule has 0 aromatic heterocycles. The topological polar surface area (TPSA) is 72.5 Å². The van der Waals surface area contributed by atoms with E-state index in [-0.39, 0.29) is 12.6 Å².